The molecule has 3 heteroatoms. The van der Waals surface area contributed by atoms with Crippen molar-refractivity contribution < 1.29 is 15.0 Å². The zero-order chi connectivity index (χ0) is 9.84. The van der Waals surface area contributed by atoms with Crippen molar-refractivity contribution in [3.8, 4) is 11.5 Å². The van der Waals surface area contributed by atoms with Gasteiger partial charge in [0.25, 0.3) is 0 Å². The summed E-state index contributed by atoms with van der Waals surface area (Å²) in [6.07, 6.45) is 2.30. The van der Waals surface area contributed by atoms with E-state index in [9.17, 15) is 9.90 Å². The monoisotopic (exact) mass is 180 g/mol. The number of aryl methyl sites for hydroxylation is 1. The number of aromatic hydroxyl groups is 2. The van der Waals surface area contributed by atoms with Crippen LogP contribution in [0.1, 0.15) is 29.3 Å². The molecule has 0 spiro atoms. The number of hydrogen-bond acceptors (Lipinski definition) is 3. The van der Waals surface area contributed by atoms with E-state index >= 15 is 0 Å². The van der Waals surface area contributed by atoms with Crippen LogP contribution in [0.15, 0.2) is 12.1 Å². The molecule has 1 aromatic carbocycles. The Kier molecular flexibility index (Phi) is 2.90. The van der Waals surface area contributed by atoms with Gasteiger partial charge >= 0.3 is 0 Å². The summed E-state index contributed by atoms with van der Waals surface area (Å²) in [5.41, 5.74) is 1.21. The summed E-state index contributed by atoms with van der Waals surface area (Å²) in [5.74, 6) is -0.420. The molecule has 0 atom stereocenters. The van der Waals surface area contributed by atoms with E-state index < -0.39 is 0 Å². The minimum Gasteiger partial charge on any atom is -0.504 e. The summed E-state index contributed by atoms with van der Waals surface area (Å²) in [7, 11) is 0. The fourth-order valence-electron chi connectivity index (χ4n) is 1.23. The van der Waals surface area contributed by atoms with E-state index in [4.69, 9.17) is 5.11 Å². The lowest BCUT2D eigenvalue weighted by Crippen LogP contribution is -1.91. The molecular formula is C10H12O3. The molecule has 0 bridgehead atoms. The van der Waals surface area contributed by atoms with Crippen LogP contribution in [0.4, 0.5) is 0 Å². The van der Waals surface area contributed by atoms with Gasteiger partial charge in [0.15, 0.2) is 11.5 Å². The zero-order valence-corrected chi connectivity index (χ0v) is 7.45. The summed E-state index contributed by atoms with van der Waals surface area (Å²) in [6, 6.07) is 2.72. The number of rotatable bonds is 3. The minimum absolute atomic E-state index is 0.172. The molecule has 0 aliphatic carbocycles. The Morgan fingerprint density at radius 3 is 2.46 bits per heavy atom. The predicted octanol–water partition coefficient (Wildman–Crippen LogP) is 1.86. The summed E-state index contributed by atoms with van der Waals surface area (Å²) in [6.45, 7) is 1.98. The maximum atomic E-state index is 10.6. The van der Waals surface area contributed by atoms with Gasteiger partial charge in [-0.05, 0) is 24.1 Å². The van der Waals surface area contributed by atoms with Crippen LogP contribution in [0.5, 0.6) is 11.5 Å². The Morgan fingerprint density at radius 2 is 1.92 bits per heavy atom. The lowest BCUT2D eigenvalue weighted by Gasteiger charge is -2.05. The van der Waals surface area contributed by atoms with Crippen LogP contribution in [-0.4, -0.2) is 16.5 Å². The average Bonchev–Trinajstić information content (AvgIpc) is 2.11. The molecule has 0 aliphatic rings. The molecule has 3 nitrogen and oxygen atoms in total. The van der Waals surface area contributed by atoms with Crippen molar-refractivity contribution in [3.05, 3.63) is 23.3 Å². The van der Waals surface area contributed by atoms with Gasteiger partial charge in [0.2, 0.25) is 0 Å². The molecule has 0 heterocycles. The third kappa shape index (κ3) is 1.99. The van der Waals surface area contributed by atoms with Gasteiger partial charge in [-0.3, -0.25) is 4.79 Å². The van der Waals surface area contributed by atoms with E-state index in [2.05, 4.69) is 0 Å². The van der Waals surface area contributed by atoms with Crippen molar-refractivity contribution in [2.24, 2.45) is 0 Å². The highest BCUT2D eigenvalue weighted by Gasteiger charge is 2.06. The molecule has 13 heavy (non-hydrogen) atoms. The Hall–Kier alpha value is -1.51. The highest BCUT2D eigenvalue weighted by Crippen LogP contribution is 2.28. The first kappa shape index (κ1) is 9.58. The molecule has 0 saturated heterocycles. The smallest absolute Gasteiger partial charge is 0.158 e. The van der Waals surface area contributed by atoms with Crippen molar-refractivity contribution in [3.63, 3.8) is 0 Å². The standard InChI is InChI=1S/C10H12O3/c1-2-3-7-4-9(12)10(13)5-8(7)6-11/h4-6,12-13H,2-3H2,1H3. The third-order valence-electron chi connectivity index (χ3n) is 1.88. The molecule has 0 fully saturated rings. The third-order valence-corrected chi connectivity index (χ3v) is 1.88. The first-order valence-electron chi connectivity index (χ1n) is 4.19. The van der Waals surface area contributed by atoms with Crippen LogP contribution in [0.25, 0.3) is 0 Å². The summed E-state index contributed by atoms with van der Waals surface area (Å²) < 4.78 is 0. The maximum absolute atomic E-state index is 10.6. The zero-order valence-electron chi connectivity index (χ0n) is 7.45. The molecule has 0 amide bonds. The number of phenols is 2. The van der Waals surface area contributed by atoms with E-state index in [1.165, 1.54) is 12.1 Å². The Bertz CT molecular complexity index is 318. The van der Waals surface area contributed by atoms with Gasteiger partial charge < -0.3 is 10.2 Å². The van der Waals surface area contributed by atoms with Gasteiger partial charge in [-0.1, -0.05) is 13.3 Å². The molecule has 1 aromatic rings. The van der Waals surface area contributed by atoms with Crippen LogP contribution in [0.3, 0.4) is 0 Å². The second-order valence-electron chi connectivity index (χ2n) is 2.91. The number of carbonyl (C=O) groups excluding carboxylic acids is 1. The molecular weight excluding hydrogens is 168 g/mol. The van der Waals surface area contributed by atoms with Crippen LogP contribution in [0.2, 0.25) is 0 Å². The lowest BCUT2D eigenvalue weighted by molar-refractivity contribution is 0.112. The van der Waals surface area contributed by atoms with Gasteiger partial charge in [-0.2, -0.15) is 0 Å². The Labute approximate surface area is 76.6 Å². The molecule has 0 saturated carbocycles. The van der Waals surface area contributed by atoms with E-state index in [0.29, 0.717) is 11.8 Å². The fraction of sp³-hybridized carbons (Fsp3) is 0.300. The lowest BCUT2D eigenvalue weighted by atomic mass is 10.0. The Morgan fingerprint density at radius 1 is 1.31 bits per heavy atom. The van der Waals surface area contributed by atoms with Gasteiger partial charge in [0.1, 0.15) is 6.29 Å². The highest BCUT2D eigenvalue weighted by atomic mass is 16.3. The second-order valence-corrected chi connectivity index (χ2v) is 2.91. The molecule has 0 unspecified atom stereocenters. The number of benzene rings is 1. The highest BCUT2D eigenvalue weighted by molar-refractivity contribution is 5.79. The summed E-state index contributed by atoms with van der Waals surface area (Å²) in [4.78, 5) is 10.6. The maximum Gasteiger partial charge on any atom is 0.158 e. The van der Waals surface area contributed by atoms with Crippen molar-refractivity contribution in [1.82, 2.24) is 0 Å². The first-order valence-corrected chi connectivity index (χ1v) is 4.19. The van der Waals surface area contributed by atoms with E-state index in [1.54, 1.807) is 0 Å². The van der Waals surface area contributed by atoms with Crippen LogP contribution >= 0.6 is 0 Å². The minimum atomic E-state index is -0.248. The van der Waals surface area contributed by atoms with Gasteiger partial charge in [-0.25, -0.2) is 0 Å². The molecule has 2 N–H and O–H groups in total. The number of hydrogen-bond donors (Lipinski definition) is 2. The summed E-state index contributed by atoms with van der Waals surface area (Å²) >= 11 is 0. The average molecular weight is 180 g/mol. The van der Waals surface area contributed by atoms with E-state index in [1.807, 2.05) is 6.92 Å². The SMILES string of the molecule is CCCc1cc(O)c(O)cc1C=O. The number of phenolic OH excluding ortho intramolecular Hbond substituents is 2. The van der Waals surface area contributed by atoms with E-state index in [0.717, 1.165) is 18.4 Å². The Balaban J connectivity index is 3.16. The fourth-order valence-corrected chi connectivity index (χ4v) is 1.23. The van der Waals surface area contributed by atoms with Crippen molar-refractivity contribution in [2.75, 3.05) is 0 Å². The van der Waals surface area contributed by atoms with Gasteiger partial charge in [0, 0.05) is 5.56 Å². The second kappa shape index (κ2) is 3.94. The van der Waals surface area contributed by atoms with Crippen molar-refractivity contribution in [2.45, 2.75) is 19.8 Å². The van der Waals surface area contributed by atoms with Crippen LogP contribution in [0, 0.1) is 0 Å². The largest absolute Gasteiger partial charge is 0.504 e. The number of carbonyl (C=O) groups is 1. The van der Waals surface area contributed by atoms with E-state index in [-0.39, 0.29) is 11.5 Å². The number of aldehydes is 1. The van der Waals surface area contributed by atoms with Crippen LogP contribution in [-0.2, 0) is 6.42 Å². The van der Waals surface area contributed by atoms with Crippen molar-refractivity contribution >= 4 is 6.29 Å². The van der Waals surface area contributed by atoms with Crippen molar-refractivity contribution in [1.29, 1.82) is 0 Å². The molecule has 0 aromatic heterocycles. The molecule has 1 rings (SSSR count). The van der Waals surface area contributed by atoms with Crippen LogP contribution < -0.4 is 0 Å². The van der Waals surface area contributed by atoms with Gasteiger partial charge in [-0.15, -0.1) is 0 Å². The normalized spacial score (nSPS) is 9.92. The predicted molar refractivity (Wildman–Crippen MR) is 49.2 cm³/mol. The molecule has 0 aliphatic heterocycles. The molecule has 70 valence electrons. The topological polar surface area (TPSA) is 57.5 Å². The quantitative estimate of drug-likeness (QED) is 0.551. The van der Waals surface area contributed by atoms with Gasteiger partial charge in [0.05, 0.1) is 0 Å². The molecule has 0 radical (unpaired) electrons. The first-order chi connectivity index (χ1) is 6.19. The summed E-state index contributed by atoms with van der Waals surface area (Å²) in [5, 5.41) is 18.3.